The van der Waals surface area contributed by atoms with Gasteiger partial charge in [-0.3, -0.25) is 40.5 Å². The van der Waals surface area contributed by atoms with Gasteiger partial charge in [-0.1, -0.05) is 24.3 Å². The molecule has 4 rings (SSSR count). The number of ether oxygens (including phenoxy) is 2. The summed E-state index contributed by atoms with van der Waals surface area (Å²) in [6, 6.07) is 8.91. The highest BCUT2D eigenvalue weighted by Gasteiger charge is 2.24. The summed E-state index contributed by atoms with van der Waals surface area (Å²) < 4.78 is 10.6. The van der Waals surface area contributed by atoms with Crippen molar-refractivity contribution < 1.29 is 33.7 Å². The molecule has 204 valence electrons. The minimum Gasteiger partial charge on any atom is -0.394 e. The molecule has 2 heterocycles. The van der Waals surface area contributed by atoms with Crippen molar-refractivity contribution in [1.29, 1.82) is 0 Å². The predicted molar refractivity (Wildman–Crippen MR) is 142 cm³/mol. The molecule has 2 amide bonds. The molecular formula is C23H16N6O9S2. The third kappa shape index (κ3) is 6.22. The second kappa shape index (κ2) is 11.6. The predicted octanol–water partition coefficient (Wildman–Crippen LogP) is 5.12. The monoisotopic (exact) mass is 584 g/mol. The molecule has 0 atom stereocenters. The topological polar surface area (TPSA) is 206 Å². The Labute approximate surface area is 231 Å². The molecule has 4 aromatic rings. The van der Waals surface area contributed by atoms with Gasteiger partial charge in [0.2, 0.25) is 0 Å². The van der Waals surface area contributed by atoms with Gasteiger partial charge in [0.1, 0.15) is 23.9 Å². The standard InChI is InChI=1S/C23H16N6O9S2/c1-11-5-3-7-13(17(11)19(30)26-21-24-9-15(39-21)28(33)34)37-23(32)38-14-8-4-6-12(2)18(14)20(31)27-22-25-10-16(40-22)29(35)36/h3-10H,1-2H3,(H,24,26,30)(H,25,27,31). The molecule has 0 aliphatic heterocycles. The second-order valence-electron chi connectivity index (χ2n) is 7.78. The Morgan fingerprint density at radius 2 is 1.15 bits per heavy atom. The van der Waals surface area contributed by atoms with E-state index in [2.05, 4.69) is 20.6 Å². The van der Waals surface area contributed by atoms with Crippen molar-refractivity contribution in [3.63, 3.8) is 0 Å². The minimum atomic E-state index is -1.27. The zero-order valence-electron chi connectivity index (χ0n) is 20.4. The van der Waals surface area contributed by atoms with Gasteiger partial charge in [-0.2, -0.15) is 0 Å². The molecule has 15 nitrogen and oxygen atoms in total. The lowest BCUT2D eigenvalue weighted by Crippen LogP contribution is -2.21. The molecule has 2 N–H and O–H groups in total. The van der Waals surface area contributed by atoms with Gasteiger partial charge in [-0.15, -0.1) is 0 Å². The number of nitro groups is 2. The summed E-state index contributed by atoms with van der Waals surface area (Å²) in [4.78, 5) is 66.7. The molecule has 17 heteroatoms. The molecule has 40 heavy (non-hydrogen) atoms. The van der Waals surface area contributed by atoms with Crippen LogP contribution < -0.4 is 20.1 Å². The van der Waals surface area contributed by atoms with Crippen LogP contribution in [0.25, 0.3) is 0 Å². The lowest BCUT2D eigenvalue weighted by Gasteiger charge is -2.14. The first kappa shape index (κ1) is 27.7. The Hall–Kier alpha value is -5.29. The van der Waals surface area contributed by atoms with Crippen LogP contribution in [0.3, 0.4) is 0 Å². The molecule has 0 saturated heterocycles. The van der Waals surface area contributed by atoms with E-state index in [1.807, 2.05) is 0 Å². The summed E-state index contributed by atoms with van der Waals surface area (Å²) in [5, 5.41) is 26.0. The van der Waals surface area contributed by atoms with Gasteiger partial charge in [0.25, 0.3) is 11.8 Å². The zero-order chi connectivity index (χ0) is 29.0. The average Bonchev–Trinajstić information content (AvgIpc) is 3.54. The third-order valence-electron chi connectivity index (χ3n) is 5.10. The Morgan fingerprint density at radius 1 is 0.750 bits per heavy atom. The van der Waals surface area contributed by atoms with Crippen LogP contribution in [-0.4, -0.2) is 37.8 Å². The van der Waals surface area contributed by atoms with Crippen molar-refractivity contribution in [2.45, 2.75) is 13.8 Å². The van der Waals surface area contributed by atoms with Gasteiger partial charge in [-0.05, 0) is 59.8 Å². The van der Waals surface area contributed by atoms with Crippen molar-refractivity contribution >= 4 is 60.9 Å². The average molecular weight is 585 g/mol. The number of rotatable bonds is 8. The third-order valence-corrected chi connectivity index (χ3v) is 6.83. The second-order valence-corrected chi connectivity index (χ2v) is 9.80. The van der Waals surface area contributed by atoms with Crippen LogP contribution in [0, 0.1) is 34.1 Å². The summed E-state index contributed by atoms with van der Waals surface area (Å²) in [6.07, 6.45) is 0.727. The molecule has 0 radical (unpaired) electrons. The number of hydrogen-bond donors (Lipinski definition) is 2. The number of carbonyl (C=O) groups is 3. The number of aromatic nitrogens is 2. The number of aryl methyl sites for hydroxylation is 2. The number of hydrogen-bond acceptors (Lipinski definition) is 13. The van der Waals surface area contributed by atoms with Gasteiger partial charge < -0.3 is 9.47 Å². The largest absolute Gasteiger partial charge is 0.519 e. The van der Waals surface area contributed by atoms with Crippen molar-refractivity contribution in [1.82, 2.24) is 9.97 Å². The molecule has 0 bridgehead atoms. The van der Waals surface area contributed by atoms with E-state index in [4.69, 9.17) is 9.47 Å². The normalized spacial score (nSPS) is 10.4. The Morgan fingerprint density at radius 3 is 1.50 bits per heavy atom. The molecule has 0 aliphatic rings. The van der Waals surface area contributed by atoms with Crippen molar-refractivity contribution in [3.8, 4) is 11.5 Å². The summed E-state index contributed by atoms with van der Waals surface area (Å²) in [7, 11) is 0. The minimum absolute atomic E-state index is 0.0329. The van der Waals surface area contributed by atoms with Crippen LogP contribution in [-0.2, 0) is 0 Å². The Bertz CT molecular complexity index is 1550. The Balaban J connectivity index is 1.52. The summed E-state index contributed by atoms with van der Waals surface area (Å²) in [5.74, 6) is -1.83. The highest BCUT2D eigenvalue weighted by molar-refractivity contribution is 7.19. The van der Waals surface area contributed by atoms with Crippen LogP contribution in [0.5, 0.6) is 11.5 Å². The maximum Gasteiger partial charge on any atom is 0.519 e. The van der Waals surface area contributed by atoms with Gasteiger partial charge in [0.15, 0.2) is 10.3 Å². The summed E-state index contributed by atoms with van der Waals surface area (Å²) in [5.41, 5.74) is 0.735. The van der Waals surface area contributed by atoms with Crippen LogP contribution in [0.15, 0.2) is 48.8 Å². The van der Waals surface area contributed by atoms with Gasteiger partial charge >= 0.3 is 16.2 Å². The van der Waals surface area contributed by atoms with E-state index in [0.29, 0.717) is 33.8 Å². The lowest BCUT2D eigenvalue weighted by molar-refractivity contribution is -0.380. The van der Waals surface area contributed by atoms with Crippen LogP contribution in [0.2, 0.25) is 0 Å². The fourth-order valence-electron chi connectivity index (χ4n) is 3.37. The molecular weight excluding hydrogens is 568 g/mol. The maximum atomic E-state index is 12.9. The fourth-order valence-corrected chi connectivity index (χ4v) is 4.62. The van der Waals surface area contributed by atoms with Crippen LogP contribution in [0.4, 0.5) is 25.1 Å². The fraction of sp³-hybridized carbons (Fsp3) is 0.0870. The number of nitrogens with one attached hydrogen (secondary N) is 2. The first-order valence-electron chi connectivity index (χ1n) is 11.0. The van der Waals surface area contributed by atoms with E-state index >= 15 is 0 Å². The SMILES string of the molecule is Cc1cccc(OC(=O)Oc2cccc(C)c2C(=O)Nc2ncc([N+](=O)[O-])s2)c1C(=O)Nc1ncc([N+](=O)[O-])s1. The summed E-state index contributed by atoms with van der Waals surface area (Å²) >= 11 is 1.30. The number of thiazole rings is 2. The molecule has 0 aliphatic carbocycles. The van der Waals surface area contributed by atoms with Crippen molar-refractivity contribution in [3.05, 3.63) is 91.3 Å². The molecule has 2 aromatic heterocycles. The number of amides is 2. The molecule has 0 saturated carbocycles. The van der Waals surface area contributed by atoms with E-state index in [0.717, 1.165) is 12.4 Å². The zero-order valence-corrected chi connectivity index (χ0v) is 22.0. The first-order chi connectivity index (χ1) is 19.0. The number of anilines is 2. The lowest BCUT2D eigenvalue weighted by atomic mass is 10.1. The number of benzene rings is 2. The quantitative estimate of drug-likeness (QED) is 0.120. The smallest absolute Gasteiger partial charge is 0.394 e. The Kier molecular flexibility index (Phi) is 8.06. The van der Waals surface area contributed by atoms with Gasteiger partial charge in [0, 0.05) is 0 Å². The highest BCUT2D eigenvalue weighted by Crippen LogP contribution is 2.30. The van der Waals surface area contributed by atoms with Gasteiger partial charge in [-0.25, -0.2) is 14.8 Å². The van der Waals surface area contributed by atoms with E-state index in [1.165, 1.54) is 24.3 Å². The van der Waals surface area contributed by atoms with Crippen LogP contribution in [0.1, 0.15) is 31.8 Å². The van der Waals surface area contributed by atoms with Gasteiger partial charge in [0.05, 0.1) is 21.0 Å². The van der Waals surface area contributed by atoms with E-state index in [9.17, 15) is 34.6 Å². The molecule has 0 fully saturated rings. The van der Waals surface area contributed by atoms with Crippen LogP contribution >= 0.6 is 22.7 Å². The molecule has 0 unspecified atom stereocenters. The highest BCUT2D eigenvalue weighted by atomic mass is 32.1. The molecule has 2 aromatic carbocycles. The maximum absolute atomic E-state index is 12.9. The van der Waals surface area contributed by atoms with E-state index in [1.54, 1.807) is 26.0 Å². The van der Waals surface area contributed by atoms with Crippen molar-refractivity contribution in [2.24, 2.45) is 0 Å². The number of nitrogens with zero attached hydrogens (tertiary/aromatic N) is 4. The summed E-state index contributed by atoms with van der Waals surface area (Å²) in [6.45, 7) is 3.17. The van der Waals surface area contributed by atoms with E-state index < -0.39 is 27.8 Å². The van der Waals surface area contributed by atoms with E-state index in [-0.39, 0.29) is 42.9 Å². The van der Waals surface area contributed by atoms with Crippen molar-refractivity contribution in [2.75, 3.05) is 10.6 Å². The number of carbonyl (C=O) groups excluding carboxylic acids is 3. The molecule has 0 spiro atoms. The first-order valence-corrected chi connectivity index (χ1v) is 12.6.